The number of benzene rings is 1. The first-order valence-corrected chi connectivity index (χ1v) is 4.74. The maximum Gasteiger partial charge on any atom is 0.0646 e. The van der Waals surface area contributed by atoms with Crippen molar-refractivity contribution in [2.75, 3.05) is 31.2 Å². The van der Waals surface area contributed by atoms with Gasteiger partial charge in [0.25, 0.3) is 0 Å². The molecule has 13 heavy (non-hydrogen) atoms. The van der Waals surface area contributed by atoms with E-state index >= 15 is 0 Å². The van der Waals surface area contributed by atoms with Crippen LogP contribution < -0.4 is 4.90 Å². The van der Waals surface area contributed by atoms with Gasteiger partial charge in [0.1, 0.15) is 0 Å². The molecule has 1 radical (unpaired) electrons. The van der Waals surface area contributed by atoms with E-state index in [2.05, 4.69) is 11.0 Å². The quantitative estimate of drug-likeness (QED) is 0.681. The summed E-state index contributed by atoms with van der Waals surface area (Å²) in [6, 6.07) is 8.82. The predicted octanol–water partition coefficient (Wildman–Crippen LogP) is 1.98. The molecule has 1 aliphatic heterocycles. The van der Waals surface area contributed by atoms with E-state index in [4.69, 9.17) is 16.3 Å². The molecule has 0 aromatic heterocycles. The van der Waals surface area contributed by atoms with E-state index in [1.54, 1.807) is 0 Å². The largest absolute Gasteiger partial charge is 0.378 e. The highest BCUT2D eigenvalue weighted by Crippen LogP contribution is 2.24. The first-order valence-electron chi connectivity index (χ1n) is 4.37. The van der Waals surface area contributed by atoms with Crippen LogP contribution in [0.2, 0.25) is 5.02 Å². The Bertz CT molecular complexity index is 284. The summed E-state index contributed by atoms with van der Waals surface area (Å²) in [5.41, 5.74) is 0.993. The molecule has 0 unspecified atom stereocenters. The molecule has 2 rings (SSSR count). The van der Waals surface area contributed by atoms with Crippen molar-refractivity contribution in [3.8, 4) is 0 Å². The molecule has 0 N–H and O–H groups in total. The molecule has 0 atom stereocenters. The lowest BCUT2D eigenvalue weighted by Crippen LogP contribution is -2.36. The second-order valence-electron chi connectivity index (χ2n) is 2.97. The average molecular weight is 197 g/mol. The van der Waals surface area contributed by atoms with Gasteiger partial charge in [-0.25, -0.2) is 0 Å². The smallest absolute Gasteiger partial charge is 0.0646 e. The van der Waals surface area contributed by atoms with Gasteiger partial charge in [-0.15, -0.1) is 0 Å². The number of anilines is 1. The monoisotopic (exact) mass is 196 g/mol. The summed E-state index contributed by atoms with van der Waals surface area (Å²) < 4.78 is 5.26. The highest BCUT2D eigenvalue weighted by Gasteiger charge is 2.13. The van der Waals surface area contributed by atoms with Gasteiger partial charge in [0.05, 0.1) is 23.9 Å². The fraction of sp³-hybridized carbons (Fsp3) is 0.400. The van der Waals surface area contributed by atoms with Crippen LogP contribution in [0.25, 0.3) is 0 Å². The Morgan fingerprint density at radius 2 is 2.15 bits per heavy atom. The summed E-state index contributed by atoms with van der Waals surface area (Å²) in [6.07, 6.45) is 0. The van der Waals surface area contributed by atoms with Crippen molar-refractivity contribution in [3.05, 3.63) is 29.3 Å². The van der Waals surface area contributed by atoms with Crippen molar-refractivity contribution in [1.29, 1.82) is 0 Å². The van der Waals surface area contributed by atoms with E-state index in [0.29, 0.717) is 0 Å². The van der Waals surface area contributed by atoms with Crippen molar-refractivity contribution in [2.45, 2.75) is 0 Å². The van der Waals surface area contributed by atoms with Crippen molar-refractivity contribution < 1.29 is 4.74 Å². The van der Waals surface area contributed by atoms with Gasteiger partial charge >= 0.3 is 0 Å². The maximum atomic E-state index is 6.04. The van der Waals surface area contributed by atoms with Gasteiger partial charge in [-0.05, 0) is 6.07 Å². The van der Waals surface area contributed by atoms with Crippen LogP contribution in [0.5, 0.6) is 0 Å². The number of hydrogen-bond acceptors (Lipinski definition) is 2. The third kappa shape index (κ3) is 1.95. The molecule has 1 heterocycles. The number of nitrogens with zero attached hydrogens (tertiary/aromatic N) is 1. The molecule has 0 saturated carbocycles. The van der Waals surface area contributed by atoms with E-state index in [-0.39, 0.29) is 0 Å². The Morgan fingerprint density at radius 1 is 1.38 bits per heavy atom. The second-order valence-corrected chi connectivity index (χ2v) is 3.37. The number of morpholine rings is 1. The van der Waals surface area contributed by atoms with Crippen molar-refractivity contribution >= 4 is 17.3 Å². The summed E-state index contributed by atoms with van der Waals surface area (Å²) in [6.45, 7) is 3.36. The van der Waals surface area contributed by atoms with Gasteiger partial charge in [0.2, 0.25) is 0 Å². The Kier molecular flexibility index (Phi) is 2.71. The summed E-state index contributed by atoms with van der Waals surface area (Å²) in [5, 5.41) is 0.768. The van der Waals surface area contributed by atoms with Gasteiger partial charge in [-0.1, -0.05) is 23.7 Å². The number of halogens is 1. The molecule has 2 nitrogen and oxygen atoms in total. The summed E-state index contributed by atoms with van der Waals surface area (Å²) in [7, 11) is 0. The molecule has 1 saturated heterocycles. The molecule has 1 fully saturated rings. The predicted molar refractivity (Wildman–Crippen MR) is 53.3 cm³/mol. The second kappa shape index (κ2) is 3.99. The molecule has 0 amide bonds. The minimum absolute atomic E-state index is 0.768. The highest BCUT2D eigenvalue weighted by molar-refractivity contribution is 6.33. The zero-order valence-electron chi connectivity index (χ0n) is 7.29. The lowest BCUT2D eigenvalue weighted by molar-refractivity contribution is 0.122. The van der Waals surface area contributed by atoms with E-state index < -0.39 is 0 Å². The molecular formula is C10H11ClNO. The normalized spacial score (nSPS) is 17.5. The summed E-state index contributed by atoms with van der Waals surface area (Å²) >= 11 is 6.04. The summed E-state index contributed by atoms with van der Waals surface area (Å²) in [5.74, 6) is 0. The molecule has 0 spiro atoms. The first kappa shape index (κ1) is 8.85. The fourth-order valence-corrected chi connectivity index (χ4v) is 1.68. The van der Waals surface area contributed by atoms with Crippen molar-refractivity contribution in [1.82, 2.24) is 0 Å². The zero-order chi connectivity index (χ0) is 9.10. The molecule has 1 aromatic rings. The van der Waals surface area contributed by atoms with Crippen molar-refractivity contribution in [2.24, 2.45) is 0 Å². The van der Waals surface area contributed by atoms with Crippen LogP contribution in [0, 0.1) is 6.07 Å². The van der Waals surface area contributed by atoms with Crippen LogP contribution in [-0.4, -0.2) is 26.3 Å². The maximum absolute atomic E-state index is 6.04. The van der Waals surface area contributed by atoms with E-state index in [1.807, 2.05) is 18.2 Å². The van der Waals surface area contributed by atoms with Crippen LogP contribution in [0.3, 0.4) is 0 Å². The average Bonchev–Trinajstić information content (AvgIpc) is 2.20. The molecule has 1 aliphatic rings. The van der Waals surface area contributed by atoms with Crippen LogP contribution in [-0.2, 0) is 4.74 Å². The SMILES string of the molecule is Clc1ccc[c]c1N1CCOCC1. The topological polar surface area (TPSA) is 12.5 Å². The lowest BCUT2D eigenvalue weighted by Gasteiger charge is -2.29. The van der Waals surface area contributed by atoms with E-state index in [9.17, 15) is 0 Å². The Hall–Kier alpha value is -0.730. The minimum Gasteiger partial charge on any atom is -0.378 e. The fourth-order valence-electron chi connectivity index (χ4n) is 1.44. The highest BCUT2D eigenvalue weighted by atomic mass is 35.5. The number of rotatable bonds is 1. The van der Waals surface area contributed by atoms with Gasteiger partial charge in [-0.3, -0.25) is 0 Å². The van der Waals surface area contributed by atoms with Crippen LogP contribution in [0.1, 0.15) is 0 Å². The third-order valence-corrected chi connectivity index (χ3v) is 2.42. The molecule has 69 valence electrons. The zero-order valence-corrected chi connectivity index (χ0v) is 8.05. The van der Waals surface area contributed by atoms with E-state index in [0.717, 1.165) is 37.0 Å². The third-order valence-electron chi connectivity index (χ3n) is 2.11. The van der Waals surface area contributed by atoms with Crippen molar-refractivity contribution in [3.63, 3.8) is 0 Å². The molecular weight excluding hydrogens is 186 g/mol. The van der Waals surface area contributed by atoms with Crippen LogP contribution in [0.15, 0.2) is 18.2 Å². The standard InChI is InChI=1S/C10H11ClNO/c11-9-3-1-2-4-10(9)12-5-7-13-8-6-12/h1-3H,5-8H2. The van der Waals surface area contributed by atoms with Crippen LogP contribution >= 0.6 is 11.6 Å². The number of hydrogen-bond donors (Lipinski definition) is 0. The number of ether oxygens (including phenoxy) is 1. The Balaban J connectivity index is 2.18. The number of para-hydroxylation sites is 1. The van der Waals surface area contributed by atoms with Gasteiger partial charge in [0.15, 0.2) is 0 Å². The Morgan fingerprint density at radius 3 is 2.85 bits per heavy atom. The lowest BCUT2D eigenvalue weighted by atomic mass is 10.2. The van der Waals surface area contributed by atoms with Crippen LogP contribution in [0.4, 0.5) is 5.69 Å². The molecule has 3 heteroatoms. The van der Waals surface area contributed by atoms with E-state index in [1.165, 1.54) is 0 Å². The van der Waals surface area contributed by atoms with Gasteiger partial charge in [0, 0.05) is 19.2 Å². The van der Waals surface area contributed by atoms with Gasteiger partial charge in [-0.2, -0.15) is 0 Å². The summed E-state index contributed by atoms with van der Waals surface area (Å²) in [4.78, 5) is 2.20. The Labute approximate surface area is 83.1 Å². The molecule has 0 bridgehead atoms. The molecule has 1 aromatic carbocycles. The minimum atomic E-state index is 0.768. The first-order chi connectivity index (χ1) is 6.38. The van der Waals surface area contributed by atoms with Gasteiger partial charge < -0.3 is 9.64 Å². The molecule has 0 aliphatic carbocycles.